The van der Waals surface area contributed by atoms with Gasteiger partial charge in [0.1, 0.15) is 5.82 Å². The van der Waals surface area contributed by atoms with E-state index >= 15 is 0 Å². The number of rotatable bonds is 3. The molecule has 0 atom stereocenters. The number of esters is 1. The van der Waals surface area contributed by atoms with Crippen molar-refractivity contribution >= 4 is 12.0 Å². The second-order valence-electron chi connectivity index (χ2n) is 3.78. The second-order valence-corrected chi connectivity index (χ2v) is 3.78. The first kappa shape index (κ1) is 15.2. The van der Waals surface area contributed by atoms with Gasteiger partial charge in [-0.2, -0.15) is 13.2 Å². The van der Waals surface area contributed by atoms with Crippen molar-refractivity contribution in [2.75, 3.05) is 6.61 Å². The zero-order valence-corrected chi connectivity index (χ0v) is 10.3. The Balaban J connectivity index is 3.10. The first-order chi connectivity index (χ1) is 8.75. The van der Waals surface area contributed by atoms with E-state index in [0.717, 1.165) is 6.07 Å². The van der Waals surface area contributed by atoms with Crippen molar-refractivity contribution in [3.63, 3.8) is 0 Å². The SMILES string of the molecule is CCOC(=O)/C(C)=C/c1ccc(F)c(C(F)(F)F)c1. The summed E-state index contributed by atoms with van der Waals surface area (Å²) in [6.45, 7) is 3.20. The predicted octanol–water partition coefficient (Wildman–Crippen LogP) is 3.81. The Morgan fingerprint density at radius 3 is 2.53 bits per heavy atom. The molecule has 0 unspecified atom stereocenters. The standard InChI is InChI=1S/C13H12F4O2/c1-3-19-12(18)8(2)6-9-4-5-11(14)10(7-9)13(15,16)17/h4-7H,3H2,1-2H3/b8-6+. The number of hydrogen-bond donors (Lipinski definition) is 0. The maximum absolute atomic E-state index is 13.1. The second kappa shape index (κ2) is 5.86. The highest BCUT2D eigenvalue weighted by Crippen LogP contribution is 2.32. The summed E-state index contributed by atoms with van der Waals surface area (Å²) in [7, 11) is 0. The highest BCUT2D eigenvalue weighted by atomic mass is 19.4. The summed E-state index contributed by atoms with van der Waals surface area (Å²) in [5, 5.41) is 0. The molecule has 2 nitrogen and oxygen atoms in total. The summed E-state index contributed by atoms with van der Waals surface area (Å²) in [6.07, 6.45) is -3.56. The summed E-state index contributed by atoms with van der Waals surface area (Å²) >= 11 is 0. The van der Waals surface area contributed by atoms with E-state index in [2.05, 4.69) is 0 Å². The molecule has 0 saturated heterocycles. The van der Waals surface area contributed by atoms with Gasteiger partial charge in [0.05, 0.1) is 12.2 Å². The topological polar surface area (TPSA) is 26.3 Å². The Morgan fingerprint density at radius 2 is 2.00 bits per heavy atom. The zero-order valence-electron chi connectivity index (χ0n) is 10.3. The molecule has 0 saturated carbocycles. The summed E-state index contributed by atoms with van der Waals surface area (Å²) in [5.41, 5.74) is -1.14. The van der Waals surface area contributed by atoms with Gasteiger partial charge in [-0.15, -0.1) is 0 Å². The van der Waals surface area contributed by atoms with Gasteiger partial charge < -0.3 is 4.74 Å². The van der Waals surface area contributed by atoms with Crippen LogP contribution < -0.4 is 0 Å². The fourth-order valence-corrected chi connectivity index (χ4v) is 1.40. The summed E-state index contributed by atoms with van der Waals surface area (Å²) < 4.78 is 55.2. The van der Waals surface area contributed by atoms with E-state index in [1.807, 2.05) is 0 Å². The molecule has 0 aromatic heterocycles. The van der Waals surface area contributed by atoms with Crippen LogP contribution in [0.1, 0.15) is 25.0 Å². The van der Waals surface area contributed by atoms with E-state index in [9.17, 15) is 22.4 Å². The minimum absolute atomic E-state index is 0.0827. The first-order valence-electron chi connectivity index (χ1n) is 5.48. The van der Waals surface area contributed by atoms with Crippen LogP contribution in [0, 0.1) is 5.82 Å². The quantitative estimate of drug-likeness (QED) is 0.476. The molecule has 1 aromatic rings. The molecule has 0 aliphatic carbocycles. The lowest BCUT2D eigenvalue weighted by atomic mass is 10.1. The molecule has 0 amide bonds. The van der Waals surface area contributed by atoms with Gasteiger partial charge >= 0.3 is 12.1 Å². The van der Waals surface area contributed by atoms with Crippen LogP contribution in [0.25, 0.3) is 6.08 Å². The van der Waals surface area contributed by atoms with Gasteiger partial charge in [-0.3, -0.25) is 0 Å². The molecule has 0 fully saturated rings. The number of ether oxygens (including phenoxy) is 1. The van der Waals surface area contributed by atoms with Crippen LogP contribution in [0.15, 0.2) is 23.8 Å². The van der Waals surface area contributed by atoms with E-state index in [1.165, 1.54) is 13.0 Å². The Labute approximate surface area is 107 Å². The van der Waals surface area contributed by atoms with Crippen LogP contribution in [-0.2, 0) is 15.7 Å². The van der Waals surface area contributed by atoms with Gasteiger partial charge in [-0.05, 0) is 37.6 Å². The van der Waals surface area contributed by atoms with E-state index in [0.29, 0.717) is 12.1 Å². The normalized spacial score (nSPS) is 12.4. The monoisotopic (exact) mass is 276 g/mol. The largest absolute Gasteiger partial charge is 0.463 e. The third-order valence-electron chi connectivity index (χ3n) is 2.28. The van der Waals surface area contributed by atoms with E-state index < -0.39 is 23.5 Å². The molecule has 0 heterocycles. The molecule has 6 heteroatoms. The Bertz CT molecular complexity index is 504. The van der Waals surface area contributed by atoms with Gasteiger partial charge in [0.15, 0.2) is 0 Å². The van der Waals surface area contributed by atoms with Crippen molar-refractivity contribution in [2.24, 2.45) is 0 Å². The van der Waals surface area contributed by atoms with Gasteiger partial charge in [0.2, 0.25) is 0 Å². The number of benzene rings is 1. The molecule has 0 spiro atoms. The summed E-state index contributed by atoms with van der Waals surface area (Å²) in [6, 6.07) is 2.53. The molecule has 0 radical (unpaired) electrons. The maximum atomic E-state index is 13.1. The number of alkyl halides is 3. The molecule has 0 aliphatic rings. The van der Waals surface area contributed by atoms with E-state index in [4.69, 9.17) is 4.74 Å². The van der Waals surface area contributed by atoms with Crippen LogP contribution >= 0.6 is 0 Å². The molecule has 104 valence electrons. The molecule has 19 heavy (non-hydrogen) atoms. The van der Waals surface area contributed by atoms with Crippen molar-refractivity contribution in [3.8, 4) is 0 Å². The highest BCUT2D eigenvalue weighted by molar-refractivity contribution is 5.93. The fourth-order valence-electron chi connectivity index (χ4n) is 1.40. The average molecular weight is 276 g/mol. The Kier molecular flexibility index (Phi) is 4.69. The van der Waals surface area contributed by atoms with Crippen molar-refractivity contribution in [1.29, 1.82) is 0 Å². The first-order valence-corrected chi connectivity index (χ1v) is 5.48. The fraction of sp³-hybridized carbons (Fsp3) is 0.308. The van der Waals surface area contributed by atoms with Crippen LogP contribution in [-0.4, -0.2) is 12.6 Å². The van der Waals surface area contributed by atoms with Crippen LogP contribution in [0.3, 0.4) is 0 Å². The third kappa shape index (κ3) is 4.08. The lowest BCUT2D eigenvalue weighted by Crippen LogP contribution is -2.08. The minimum atomic E-state index is -4.77. The number of hydrogen-bond acceptors (Lipinski definition) is 2. The number of carbonyl (C=O) groups is 1. The molecule has 1 rings (SSSR count). The third-order valence-corrected chi connectivity index (χ3v) is 2.28. The average Bonchev–Trinajstić information content (AvgIpc) is 2.30. The molecular formula is C13H12F4O2. The predicted molar refractivity (Wildman–Crippen MR) is 61.7 cm³/mol. The number of halogens is 4. The maximum Gasteiger partial charge on any atom is 0.419 e. The zero-order chi connectivity index (χ0) is 14.6. The molecule has 0 aliphatic heterocycles. The van der Waals surface area contributed by atoms with Gasteiger partial charge in [-0.25, -0.2) is 9.18 Å². The Hall–Kier alpha value is -1.85. The minimum Gasteiger partial charge on any atom is -0.463 e. The number of carbonyl (C=O) groups excluding carboxylic acids is 1. The van der Waals surface area contributed by atoms with Crippen LogP contribution in [0.4, 0.5) is 17.6 Å². The van der Waals surface area contributed by atoms with Crippen molar-refractivity contribution in [1.82, 2.24) is 0 Å². The van der Waals surface area contributed by atoms with Crippen LogP contribution in [0.2, 0.25) is 0 Å². The van der Waals surface area contributed by atoms with Gasteiger partial charge in [-0.1, -0.05) is 6.07 Å². The molecule has 1 aromatic carbocycles. The molecule has 0 N–H and O–H groups in total. The van der Waals surface area contributed by atoms with Crippen LogP contribution in [0.5, 0.6) is 0 Å². The summed E-state index contributed by atoms with van der Waals surface area (Å²) in [4.78, 5) is 11.3. The van der Waals surface area contributed by atoms with Gasteiger partial charge in [0, 0.05) is 5.57 Å². The molecule has 0 bridgehead atoms. The Morgan fingerprint density at radius 1 is 1.37 bits per heavy atom. The van der Waals surface area contributed by atoms with E-state index in [-0.39, 0.29) is 17.7 Å². The van der Waals surface area contributed by atoms with Crippen molar-refractivity contribution in [3.05, 3.63) is 40.7 Å². The summed E-state index contributed by atoms with van der Waals surface area (Å²) in [5.74, 6) is -1.97. The smallest absolute Gasteiger partial charge is 0.419 e. The highest BCUT2D eigenvalue weighted by Gasteiger charge is 2.34. The van der Waals surface area contributed by atoms with Crippen molar-refractivity contribution < 1.29 is 27.1 Å². The lowest BCUT2D eigenvalue weighted by molar-refractivity contribution is -0.140. The molecular weight excluding hydrogens is 264 g/mol. The van der Waals surface area contributed by atoms with Crippen molar-refractivity contribution in [2.45, 2.75) is 20.0 Å². The van der Waals surface area contributed by atoms with Gasteiger partial charge in [0.25, 0.3) is 0 Å². The lowest BCUT2D eigenvalue weighted by Gasteiger charge is -2.09. The van der Waals surface area contributed by atoms with E-state index in [1.54, 1.807) is 6.92 Å².